The van der Waals surface area contributed by atoms with Crippen molar-refractivity contribution in [3.05, 3.63) is 59.7 Å². The maximum atomic E-state index is 12.4. The van der Waals surface area contributed by atoms with Crippen LogP contribution in [0.4, 0.5) is 0 Å². The fourth-order valence-corrected chi connectivity index (χ4v) is 3.25. The molecule has 6 heteroatoms. The smallest absolute Gasteiger partial charge is 0.251 e. The van der Waals surface area contributed by atoms with E-state index in [1.165, 1.54) is 0 Å². The number of ether oxygens (including phenoxy) is 1. The van der Waals surface area contributed by atoms with Crippen LogP contribution in [0.25, 0.3) is 0 Å². The van der Waals surface area contributed by atoms with Crippen molar-refractivity contribution in [2.24, 2.45) is 5.92 Å². The molecule has 1 fully saturated rings. The Morgan fingerprint density at radius 1 is 1.08 bits per heavy atom. The fourth-order valence-electron chi connectivity index (χ4n) is 3.25. The summed E-state index contributed by atoms with van der Waals surface area (Å²) >= 11 is 0. The number of benzene rings is 2. The molecule has 3 N–H and O–H groups in total. The van der Waals surface area contributed by atoms with Crippen molar-refractivity contribution < 1.29 is 19.5 Å². The molecule has 1 aliphatic carbocycles. The molecular weight excluding hydrogens is 332 g/mol. The number of hydrogen-bond donors (Lipinski definition) is 3. The van der Waals surface area contributed by atoms with E-state index in [4.69, 9.17) is 9.94 Å². The quantitative estimate of drug-likeness (QED) is 0.568. The van der Waals surface area contributed by atoms with Crippen LogP contribution in [0.3, 0.4) is 0 Å². The molecule has 0 bridgehead atoms. The minimum atomic E-state index is -0.449. The normalized spacial score (nSPS) is 19.0. The van der Waals surface area contributed by atoms with E-state index in [2.05, 4.69) is 5.32 Å². The second kappa shape index (κ2) is 8.01. The van der Waals surface area contributed by atoms with Gasteiger partial charge >= 0.3 is 0 Å². The molecule has 0 spiro atoms. The summed E-state index contributed by atoms with van der Waals surface area (Å²) in [7, 11) is 0. The summed E-state index contributed by atoms with van der Waals surface area (Å²) in [6.07, 6.45) is 2.21. The molecule has 2 atom stereocenters. The van der Waals surface area contributed by atoms with Crippen molar-refractivity contribution >= 4 is 11.8 Å². The first-order valence-corrected chi connectivity index (χ1v) is 8.67. The first kappa shape index (κ1) is 17.9. The summed E-state index contributed by atoms with van der Waals surface area (Å²) in [5.74, 6) is 0.334. The number of rotatable bonds is 5. The molecule has 2 aromatic rings. The van der Waals surface area contributed by atoms with Gasteiger partial charge in [0.05, 0.1) is 5.92 Å². The maximum Gasteiger partial charge on any atom is 0.251 e. The van der Waals surface area contributed by atoms with Gasteiger partial charge in [-0.15, -0.1) is 0 Å². The molecule has 0 saturated heterocycles. The predicted octanol–water partition coefficient (Wildman–Crippen LogP) is 3.19. The van der Waals surface area contributed by atoms with Crippen LogP contribution in [0.15, 0.2) is 48.5 Å². The lowest BCUT2D eigenvalue weighted by Crippen LogP contribution is -2.43. The van der Waals surface area contributed by atoms with Gasteiger partial charge in [0.1, 0.15) is 11.5 Å². The van der Waals surface area contributed by atoms with Gasteiger partial charge in [-0.3, -0.25) is 14.8 Å². The highest BCUT2D eigenvalue weighted by molar-refractivity contribution is 5.95. The number of carbonyl (C=O) groups is 2. The molecule has 1 saturated carbocycles. The van der Waals surface area contributed by atoms with Gasteiger partial charge in [-0.25, -0.2) is 5.48 Å². The summed E-state index contributed by atoms with van der Waals surface area (Å²) < 4.78 is 5.83. The van der Waals surface area contributed by atoms with Gasteiger partial charge in [0, 0.05) is 11.6 Å². The van der Waals surface area contributed by atoms with Crippen molar-refractivity contribution in [1.29, 1.82) is 0 Å². The number of carbonyl (C=O) groups excluding carboxylic acids is 2. The van der Waals surface area contributed by atoms with Crippen molar-refractivity contribution in [2.45, 2.75) is 32.2 Å². The molecule has 2 aromatic carbocycles. The third kappa shape index (κ3) is 4.03. The second-order valence-electron chi connectivity index (χ2n) is 6.49. The maximum absolute atomic E-state index is 12.4. The van der Waals surface area contributed by atoms with Gasteiger partial charge in [-0.05, 0) is 55.7 Å². The minimum Gasteiger partial charge on any atom is -0.457 e. The van der Waals surface area contributed by atoms with E-state index in [-0.39, 0.29) is 11.9 Å². The summed E-state index contributed by atoms with van der Waals surface area (Å²) in [6, 6.07) is 14.3. The Labute approximate surface area is 152 Å². The standard InChI is InChI=1S/C20H22N2O4/c1-13-5-2-3-8-18(13)26-15-11-9-14(10-12-15)19(23)21-17-7-4-6-16(17)20(24)22-25/h2-3,5,8-12,16-17,25H,4,6-7H2,1H3,(H,21,23)(H,22,24)/t16-,17+/m0/s1. The Morgan fingerprint density at radius 2 is 1.81 bits per heavy atom. The number of hydrogen-bond acceptors (Lipinski definition) is 4. The average molecular weight is 354 g/mol. The van der Waals surface area contributed by atoms with Crippen molar-refractivity contribution in [3.63, 3.8) is 0 Å². The van der Waals surface area contributed by atoms with E-state index in [0.717, 1.165) is 24.2 Å². The third-order valence-corrected chi connectivity index (χ3v) is 4.72. The van der Waals surface area contributed by atoms with Crippen molar-refractivity contribution in [2.75, 3.05) is 0 Å². The molecule has 2 amide bonds. The highest BCUT2D eigenvalue weighted by Crippen LogP contribution is 2.27. The Balaban J connectivity index is 1.64. The molecule has 0 aliphatic heterocycles. The Bertz CT molecular complexity index is 789. The van der Waals surface area contributed by atoms with Crippen LogP contribution in [0.5, 0.6) is 11.5 Å². The lowest BCUT2D eigenvalue weighted by Gasteiger charge is -2.19. The zero-order valence-electron chi connectivity index (χ0n) is 14.6. The first-order valence-electron chi connectivity index (χ1n) is 8.67. The topological polar surface area (TPSA) is 87.7 Å². The van der Waals surface area contributed by atoms with E-state index in [1.807, 2.05) is 31.2 Å². The van der Waals surface area contributed by atoms with Gasteiger partial charge in [0.2, 0.25) is 5.91 Å². The Morgan fingerprint density at radius 3 is 2.50 bits per heavy atom. The van der Waals surface area contributed by atoms with Crippen LogP contribution in [0.2, 0.25) is 0 Å². The van der Waals surface area contributed by atoms with E-state index in [0.29, 0.717) is 17.7 Å². The molecule has 6 nitrogen and oxygen atoms in total. The summed E-state index contributed by atoms with van der Waals surface area (Å²) in [5.41, 5.74) is 3.21. The molecule has 0 radical (unpaired) electrons. The van der Waals surface area contributed by atoms with Gasteiger partial charge in [-0.2, -0.15) is 0 Å². The van der Waals surface area contributed by atoms with E-state index < -0.39 is 11.8 Å². The zero-order valence-corrected chi connectivity index (χ0v) is 14.6. The Hall–Kier alpha value is -2.86. The molecule has 0 heterocycles. The van der Waals surface area contributed by atoms with Crippen molar-refractivity contribution in [1.82, 2.24) is 10.8 Å². The molecule has 26 heavy (non-hydrogen) atoms. The highest BCUT2D eigenvalue weighted by atomic mass is 16.5. The first-order chi connectivity index (χ1) is 12.6. The van der Waals surface area contributed by atoms with E-state index in [9.17, 15) is 9.59 Å². The van der Waals surface area contributed by atoms with Crippen LogP contribution < -0.4 is 15.5 Å². The molecule has 3 rings (SSSR count). The zero-order chi connectivity index (χ0) is 18.5. The number of amides is 2. The van der Waals surface area contributed by atoms with Crippen LogP contribution in [0, 0.1) is 12.8 Å². The Kier molecular flexibility index (Phi) is 5.53. The SMILES string of the molecule is Cc1ccccc1Oc1ccc(C(=O)N[C@@H]2CCC[C@@H]2C(=O)NO)cc1. The van der Waals surface area contributed by atoms with E-state index in [1.54, 1.807) is 29.7 Å². The van der Waals surface area contributed by atoms with Crippen LogP contribution >= 0.6 is 0 Å². The largest absolute Gasteiger partial charge is 0.457 e. The molecular formula is C20H22N2O4. The fraction of sp³-hybridized carbons (Fsp3) is 0.300. The number of nitrogens with one attached hydrogen (secondary N) is 2. The second-order valence-corrected chi connectivity index (χ2v) is 6.49. The van der Waals surface area contributed by atoms with Crippen LogP contribution in [-0.4, -0.2) is 23.1 Å². The van der Waals surface area contributed by atoms with Gasteiger partial charge in [0.15, 0.2) is 0 Å². The van der Waals surface area contributed by atoms with Gasteiger partial charge in [0.25, 0.3) is 5.91 Å². The predicted molar refractivity (Wildman–Crippen MR) is 96.2 cm³/mol. The highest BCUT2D eigenvalue weighted by Gasteiger charge is 2.34. The van der Waals surface area contributed by atoms with Gasteiger partial charge in [-0.1, -0.05) is 24.6 Å². The third-order valence-electron chi connectivity index (χ3n) is 4.72. The molecule has 0 aromatic heterocycles. The molecule has 136 valence electrons. The van der Waals surface area contributed by atoms with E-state index >= 15 is 0 Å². The lowest BCUT2D eigenvalue weighted by atomic mass is 10.0. The number of hydroxylamine groups is 1. The van der Waals surface area contributed by atoms with Crippen LogP contribution in [0.1, 0.15) is 35.2 Å². The number of para-hydroxylation sites is 1. The number of aryl methyl sites for hydroxylation is 1. The summed E-state index contributed by atoms with van der Waals surface area (Å²) in [6.45, 7) is 1.97. The average Bonchev–Trinajstić information content (AvgIpc) is 3.11. The summed E-state index contributed by atoms with van der Waals surface area (Å²) in [5, 5.41) is 11.7. The van der Waals surface area contributed by atoms with Crippen LogP contribution in [-0.2, 0) is 4.79 Å². The molecule has 0 unspecified atom stereocenters. The van der Waals surface area contributed by atoms with Gasteiger partial charge < -0.3 is 10.1 Å². The van der Waals surface area contributed by atoms with Crippen molar-refractivity contribution in [3.8, 4) is 11.5 Å². The lowest BCUT2D eigenvalue weighted by molar-refractivity contribution is -0.133. The monoisotopic (exact) mass is 354 g/mol. The summed E-state index contributed by atoms with van der Waals surface area (Å²) in [4.78, 5) is 24.1. The minimum absolute atomic E-state index is 0.241. The molecule has 1 aliphatic rings.